The Labute approximate surface area is 111 Å². The second-order valence-electron chi connectivity index (χ2n) is 6.41. The van der Waals surface area contributed by atoms with Crippen LogP contribution in [0, 0.1) is 11.3 Å². The van der Waals surface area contributed by atoms with Gasteiger partial charge in [0.05, 0.1) is 5.41 Å². The predicted molar refractivity (Wildman–Crippen MR) is 73.7 cm³/mol. The number of hydrogen-bond acceptors (Lipinski definition) is 3. The highest BCUT2D eigenvalue weighted by atomic mass is 16.4. The van der Waals surface area contributed by atoms with Crippen LogP contribution in [0.5, 0.6) is 0 Å². The number of carbonyl (C=O) groups is 1. The van der Waals surface area contributed by atoms with Gasteiger partial charge in [0.25, 0.3) is 0 Å². The molecule has 1 saturated heterocycles. The molecule has 0 aromatic rings. The monoisotopic (exact) mass is 256 g/mol. The predicted octanol–water partition coefficient (Wildman–Crippen LogP) is 1.81. The quantitative estimate of drug-likeness (QED) is 0.761. The summed E-state index contributed by atoms with van der Waals surface area (Å²) in [6.45, 7) is 11.8. The Bertz CT molecular complexity index is 271. The number of rotatable bonds is 6. The molecule has 0 aromatic carbocycles. The maximum Gasteiger partial charge on any atom is 0.310 e. The fourth-order valence-electron chi connectivity index (χ4n) is 2.43. The molecule has 18 heavy (non-hydrogen) atoms. The molecule has 0 saturated carbocycles. The van der Waals surface area contributed by atoms with Crippen LogP contribution in [-0.4, -0.2) is 48.2 Å². The van der Waals surface area contributed by atoms with Gasteiger partial charge in [-0.3, -0.25) is 9.69 Å². The topological polar surface area (TPSA) is 52.6 Å². The van der Waals surface area contributed by atoms with E-state index in [-0.39, 0.29) is 0 Å². The highest BCUT2D eigenvalue weighted by Gasteiger charge is 2.31. The lowest BCUT2D eigenvalue weighted by molar-refractivity contribution is -0.148. The molecule has 1 heterocycles. The largest absolute Gasteiger partial charge is 0.481 e. The summed E-state index contributed by atoms with van der Waals surface area (Å²) < 4.78 is 0. The second-order valence-corrected chi connectivity index (χ2v) is 6.41. The van der Waals surface area contributed by atoms with Crippen LogP contribution >= 0.6 is 0 Å². The Kier molecular flexibility index (Phi) is 5.60. The fraction of sp³-hybridized carbons (Fsp3) is 0.929. The number of nitrogens with one attached hydrogen (secondary N) is 1. The molecule has 1 rings (SSSR count). The van der Waals surface area contributed by atoms with Crippen LogP contribution < -0.4 is 5.32 Å². The molecule has 4 heteroatoms. The summed E-state index contributed by atoms with van der Waals surface area (Å²) in [5.74, 6) is -0.00305. The van der Waals surface area contributed by atoms with Crippen molar-refractivity contribution in [2.45, 2.75) is 46.6 Å². The molecule has 0 amide bonds. The Hall–Kier alpha value is -0.610. The summed E-state index contributed by atoms with van der Waals surface area (Å²) in [5, 5.41) is 12.6. The van der Waals surface area contributed by atoms with Gasteiger partial charge in [-0.25, -0.2) is 0 Å². The molecule has 0 spiro atoms. The van der Waals surface area contributed by atoms with Crippen LogP contribution in [0.4, 0.5) is 0 Å². The van der Waals surface area contributed by atoms with Crippen LogP contribution in [-0.2, 0) is 4.79 Å². The van der Waals surface area contributed by atoms with Gasteiger partial charge in [0, 0.05) is 19.1 Å². The van der Waals surface area contributed by atoms with Gasteiger partial charge in [0.1, 0.15) is 0 Å². The maximum atomic E-state index is 11.2. The molecule has 0 unspecified atom stereocenters. The van der Waals surface area contributed by atoms with Gasteiger partial charge >= 0.3 is 5.97 Å². The average Bonchev–Trinajstić information content (AvgIpc) is 2.29. The molecule has 0 aromatic heterocycles. The van der Waals surface area contributed by atoms with Crippen molar-refractivity contribution >= 4 is 5.97 Å². The Morgan fingerprint density at radius 1 is 1.39 bits per heavy atom. The number of carboxylic acids is 1. The lowest BCUT2D eigenvalue weighted by Crippen LogP contribution is -2.46. The summed E-state index contributed by atoms with van der Waals surface area (Å²) >= 11 is 0. The molecule has 2 N–H and O–H groups in total. The van der Waals surface area contributed by atoms with Gasteiger partial charge in [0.15, 0.2) is 0 Å². The Morgan fingerprint density at radius 3 is 2.39 bits per heavy atom. The van der Waals surface area contributed by atoms with E-state index in [0.717, 1.165) is 19.6 Å². The average molecular weight is 256 g/mol. The van der Waals surface area contributed by atoms with E-state index in [1.165, 1.54) is 12.8 Å². The first-order valence-electron chi connectivity index (χ1n) is 7.01. The Morgan fingerprint density at radius 2 is 1.94 bits per heavy atom. The minimum Gasteiger partial charge on any atom is -0.481 e. The van der Waals surface area contributed by atoms with Crippen molar-refractivity contribution in [3.05, 3.63) is 0 Å². The summed E-state index contributed by atoms with van der Waals surface area (Å²) in [6.07, 6.45) is 2.41. The smallest absolute Gasteiger partial charge is 0.310 e. The first-order valence-corrected chi connectivity index (χ1v) is 7.01. The highest BCUT2D eigenvalue weighted by molar-refractivity contribution is 5.73. The Balaban J connectivity index is 2.56. The van der Waals surface area contributed by atoms with Gasteiger partial charge in [-0.05, 0) is 59.5 Å². The molecule has 106 valence electrons. The van der Waals surface area contributed by atoms with Gasteiger partial charge in [0.2, 0.25) is 0 Å². The van der Waals surface area contributed by atoms with Crippen molar-refractivity contribution in [3.8, 4) is 0 Å². The lowest BCUT2D eigenvalue weighted by Gasteiger charge is -2.36. The standard InChI is InChI=1S/C14H28N2O2/c1-11(2)16(10-14(3,4)13(17)18)9-12-5-7-15-8-6-12/h11-12,15H,5-10H2,1-4H3,(H,17,18). The zero-order valence-corrected chi connectivity index (χ0v) is 12.2. The minimum atomic E-state index is -0.710. The van der Waals surface area contributed by atoms with Crippen molar-refractivity contribution < 1.29 is 9.90 Å². The van der Waals surface area contributed by atoms with E-state index in [9.17, 15) is 9.90 Å². The molecular weight excluding hydrogens is 228 g/mol. The third-order valence-electron chi connectivity index (χ3n) is 3.86. The van der Waals surface area contributed by atoms with Gasteiger partial charge < -0.3 is 10.4 Å². The van der Waals surface area contributed by atoms with Crippen LogP contribution in [0.3, 0.4) is 0 Å². The third kappa shape index (κ3) is 4.58. The molecule has 0 atom stereocenters. The van der Waals surface area contributed by atoms with Crippen LogP contribution in [0.15, 0.2) is 0 Å². The third-order valence-corrected chi connectivity index (χ3v) is 3.86. The lowest BCUT2D eigenvalue weighted by atomic mass is 9.90. The zero-order chi connectivity index (χ0) is 13.8. The normalized spacial score (nSPS) is 18.6. The number of hydrogen-bond donors (Lipinski definition) is 2. The summed E-state index contributed by atoms with van der Waals surface area (Å²) in [6, 6.07) is 0.401. The molecule has 4 nitrogen and oxygen atoms in total. The van der Waals surface area contributed by atoms with E-state index in [0.29, 0.717) is 18.5 Å². The fourth-order valence-corrected chi connectivity index (χ4v) is 2.43. The van der Waals surface area contributed by atoms with Crippen LogP contribution in [0.25, 0.3) is 0 Å². The van der Waals surface area contributed by atoms with Crippen molar-refractivity contribution in [3.63, 3.8) is 0 Å². The second kappa shape index (κ2) is 6.53. The van der Waals surface area contributed by atoms with Crippen LogP contribution in [0.1, 0.15) is 40.5 Å². The summed E-state index contributed by atoms with van der Waals surface area (Å²) in [4.78, 5) is 13.6. The SMILES string of the molecule is CC(C)N(CC1CCNCC1)CC(C)(C)C(=O)O. The maximum absolute atomic E-state index is 11.2. The summed E-state index contributed by atoms with van der Waals surface area (Å²) in [7, 11) is 0. The van der Waals surface area contributed by atoms with Crippen molar-refractivity contribution in [1.29, 1.82) is 0 Å². The molecule has 1 aliphatic heterocycles. The number of nitrogens with zero attached hydrogens (tertiary/aromatic N) is 1. The molecule has 0 bridgehead atoms. The van der Waals surface area contributed by atoms with E-state index >= 15 is 0 Å². The first-order chi connectivity index (χ1) is 8.33. The van der Waals surface area contributed by atoms with E-state index in [1.54, 1.807) is 0 Å². The number of piperidine rings is 1. The highest BCUT2D eigenvalue weighted by Crippen LogP contribution is 2.22. The molecule has 1 aliphatic rings. The first kappa shape index (κ1) is 15.4. The van der Waals surface area contributed by atoms with Gasteiger partial charge in [-0.2, -0.15) is 0 Å². The van der Waals surface area contributed by atoms with Crippen molar-refractivity contribution in [1.82, 2.24) is 10.2 Å². The van der Waals surface area contributed by atoms with Crippen molar-refractivity contribution in [2.75, 3.05) is 26.2 Å². The number of carboxylic acid groups (broad SMARTS) is 1. The van der Waals surface area contributed by atoms with Crippen molar-refractivity contribution in [2.24, 2.45) is 11.3 Å². The van der Waals surface area contributed by atoms with E-state index in [2.05, 4.69) is 24.1 Å². The minimum absolute atomic E-state index is 0.401. The molecule has 0 radical (unpaired) electrons. The van der Waals surface area contributed by atoms with Crippen LogP contribution in [0.2, 0.25) is 0 Å². The van der Waals surface area contributed by atoms with E-state index < -0.39 is 11.4 Å². The molecule has 1 fully saturated rings. The summed E-state index contributed by atoms with van der Waals surface area (Å²) in [5.41, 5.74) is -0.669. The molecular formula is C14H28N2O2. The number of aliphatic carboxylic acids is 1. The zero-order valence-electron chi connectivity index (χ0n) is 12.2. The van der Waals surface area contributed by atoms with Gasteiger partial charge in [-0.15, -0.1) is 0 Å². The van der Waals surface area contributed by atoms with E-state index in [1.807, 2.05) is 13.8 Å². The van der Waals surface area contributed by atoms with E-state index in [4.69, 9.17) is 0 Å². The van der Waals surface area contributed by atoms with Gasteiger partial charge in [-0.1, -0.05) is 0 Å². The molecule has 0 aliphatic carbocycles.